The van der Waals surface area contributed by atoms with Gasteiger partial charge in [-0.3, -0.25) is 4.79 Å². The summed E-state index contributed by atoms with van der Waals surface area (Å²) in [6, 6.07) is 9.41. The van der Waals surface area contributed by atoms with Crippen LogP contribution in [0.1, 0.15) is 22.2 Å². The van der Waals surface area contributed by atoms with Crippen LogP contribution in [-0.4, -0.2) is 18.0 Å². The third-order valence-electron chi connectivity index (χ3n) is 3.21. The normalized spacial score (nSPS) is 13.6. The zero-order chi connectivity index (χ0) is 15.0. The second kappa shape index (κ2) is 5.21. The van der Waals surface area contributed by atoms with Crippen LogP contribution in [0.3, 0.4) is 0 Å². The van der Waals surface area contributed by atoms with Crippen LogP contribution >= 0.6 is 11.3 Å². The predicted molar refractivity (Wildman–Crippen MR) is 78.2 cm³/mol. The van der Waals surface area contributed by atoms with Crippen LogP contribution in [0.4, 0.5) is 0 Å². The van der Waals surface area contributed by atoms with E-state index in [2.05, 4.69) is 0 Å². The van der Waals surface area contributed by atoms with Gasteiger partial charge in [0.1, 0.15) is 17.2 Å². The lowest BCUT2D eigenvalue weighted by Gasteiger charge is -2.16. The minimum Gasteiger partial charge on any atom is -0.488 e. The van der Waals surface area contributed by atoms with E-state index < -0.39 is 18.0 Å². The molecule has 0 saturated carbocycles. The molecule has 108 valence electrons. The van der Waals surface area contributed by atoms with Crippen molar-refractivity contribution in [2.75, 3.05) is 0 Å². The summed E-state index contributed by atoms with van der Waals surface area (Å²) in [6.45, 7) is 1.87. The smallest absolute Gasteiger partial charge is 0.349 e. The van der Waals surface area contributed by atoms with Gasteiger partial charge < -0.3 is 15.2 Å². The Bertz CT molecular complexity index is 722. The first-order chi connectivity index (χ1) is 10.1. The SMILES string of the molecule is C[C@@H](OC(=O)c1cc2c(s1)-c1ccccc1OC2)C(N)=O. The highest BCUT2D eigenvalue weighted by Gasteiger charge is 2.24. The van der Waals surface area contributed by atoms with Crippen LogP contribution in [0.2, 0.25) is 0 Å². The molecule has 2 N–H and O–H groups in total. The van der Waals surface area contributed by atoms with Gasteiger partial charge in [-0.1, -0.05) is 12.1 Å². The number of para-hydroxylation sites is 1. The highest BCUT2D eigenvalue weighted by atomic mass is 32.1. The topological polar surface area (TPSA) is 78.6 Å². The zero-order valence-corrected chi connectivity index (χ0v) is 12.1. The maximum atomic E-state index is 12.0. The first-order valence-corrected chi connectivity index (χ1v) is 7.23. The standard InChI is InChI=1S/C15H13NO4S/c1-8(14(16)17)20-15(18)12-6-9-7-19-11-5-3-2-4-10(11)13(9)21-12/h2-6,8H,7H2,1H3,(H2,16,17)/t8-/m1/s1. The van der Waals surface area contributed by atoms with Crippen molar-refractivity contribution in [2.24, 2.45) is 5.73 Å². The molecular formula is C15H13NO4S. The molecule has 1 aliphatic heterocycles. The number of thiophene rings is 1. The van der Waals surface area contributed by atoms with Gasteiger partial charge in [-0.05, 0) is 25.1 Å². The number of esters is 1. The van der Waals surface area contributed by atoms with Crippen molar-refractivity contribution in [2.45, 2.75) is 19.6 Å². The molecular weight excluding hydrogens is 290 g/mol. The van der Waals surface area contributed by atoms with Gasteiger partial charge in [0.05, 0.1) is 0 Å². The monoisotopic (exact) mass is 303 g/mol. The Labute approximate surface area is 125 Å². The minimum atomic E-state index is -0.944. The van der Waals surface area contributed by atoms with Crippen LogP contribution in [0, 0.1) is 0 Å². The van der Waals surface area contributed by atoms with Crippen molar-refractivity contribution < 1.29 is 19.1 Å². The molecule has 0 fully saturated rings. The third-order valence-corrected chi connectivity index (χ3v) is 4.40. The summed E-state index contributed by atoms with van der Waals surface area (Å²) in [4.78, 5) is 24.4. The van der Waals surface area contributed by atoms with E-state index in [1.54, 1.807) is 6.07 Å². The number of fused-ring (bicyclic) bond motifs is 3. The molecule has 0 unspecified atom stereocenters. The van der Waals surface area contributed by atoms with Crippen molar-refractivity contribution in [3.05, 3.63) is 40.8 Å². The van der Waals surface area contributed by atoms with Gasteiger partial charge in [0.25, 0.3) is 5.91 Å². The molecule has 0 spiro atoms. The Kier molecular flexibility index (Phi) is 3.39. The van der Waals surface area contributed by atoms with Gasteiger partial charge in [-0.2, -0.15) is 0 Å². The number of carbonyl (C=O) groups is 2. The summed E-state index contributed by atoms with van der Waals surface area (Å²) < 4.78 is 10.7. The first kappa shape index (κ1) is 13.6. The van der Waals surface area contributed by atoms with E-state index in [-0.39, 0.29) is 0 Å². The molecule has 1 aromatic carbocycles. The molecule has 0 bridgehead atoms. The van der Waals surface area contributed by atoms with E-state index in [1.165, 1.54) is 18.3 Å². The van der Waals surface area contributed by atoms with E-state index in [4.69, 9.17) is 15.2 Å². The molecule has 2 heterocycles. The van der Waals surface area contributed by atoms with Gasteiger partial charge in [0.15, 0.2) is 6.10 Å². The van der Waals surface area contributed by atoms with Gasteiger partial charge in [0, 0.05) is 16.0 Å². The average molecular weight is 303 g/mol. The van der Waals surface area contributed by atoms with Gasteiger partial charge in [0.2, 0.25) is 0 Å². The fraction of sp³-hybridized carbons (Fsp3) is 0.200. The molecule has 3 rings (SSSR count). The summed E-state index contributed by atoms with van der Waals surface area (Å²) in [7, 11) is 0. The van der Waals surface area contributed by atoms with E-state index in [0.717, 1.165) is 21.8 Å². The molecule has 1 amide bonds. The largest absolute Gasteiger partial charge is 0.488 e. The molecule has 2 aromatic rings. The Morgan fingerprint density at radius 1 is 1.38 bits per heavy atom. The molecule has 0 radical (unpaired) electrons. The Hall–Kier alpha value is -2.34. The Balaban J connectivity index is 1.90. The molecule has 0 aliphatic carbocycles. The van der Waals surface area contributed by atoms with Crippen LogP contribution in [0.15, 0.2) is 30.3 Å². The van der Waals surface area contributed by atoms with E-state index in [0.29, 0.717) is 11.5 Å². The second-order valence-corrected chi connectivity index (χ2v) is 5.75. The number of hydrogen-bond acceptors (Lipinski definition) is 5. The summed E-state index contributed by atoms with van der Waals surface area (Å²) in [5.41, 5.74) is 7.00. The average Bonchev–Trinajstić information content (AvgIpc) is 2.91. The summed E-state index contributed by atoms with van der Waals surface area (Å²) in [5.74, 6) is -0.409. The Morgan fingerprint density at radius 3 is 2.90 bits per heavy atom. The third kappa shape index (κ3) is 2.50. The van der Waals surface area contributed by atoms with Crippen LogP contribution in [0.5, 0.6) is 5.75 Å². The highest BCUT2D eigenvalue weighted by molar-refractivity contribution is 7.17. The quantitative estimate of drug-likeness (QED) is 0.883. The number of rotatable bonds is 3. The lowest BCUT2D eigenvalue weighted by Crippen LogP contribution is -2.30. The number of amides is 1. The lowest BCUT2D eigenvalue weighted by atomic mass is 10.1. The highest BCUT2D eigenvalue weighted by Crippen LogP contribution is 2.42. The van der Waals surface area contributed by atoms with Crippen LogP contribution in [-0.2, 0) is 16.1 Å². The zero-order valence-electron chi connectivity index (χ0n) is 11.3. The van der Waals surface area contributed by atoms with Crippen molar-refractivity contribution in [1.29, 1.82) is 0 Å². The van der Waals surface area contributed by atoms with E-state index in [9.17, 15) is 9.59 Å². The molecule has 5 nitrogen and oxygen atoms in total. The van der Waals surface area contributed by atoms with E-state index in [1.807, 2.05) is 24.3 Å². The van der Waals surface area contributed by atoms with Crippen molar-refractivity contribution in [3.63, 3.8) is 0 Å². The lowest BCUT2D eigenvalue weighted by molar-refractivity contribution is -0.125. The maximum absolute atomic E-state index is 12.0. The molecule has 1 atom stereocenters. The number of carbonyl (C=O) groups excluding carboxylic acids is 2. The summed E-state index contributed by atoms with van der Waals surface area (Å²) in [5, 5.41) is 0. The molecule has 0 saturated heterocycles. The van der Waals surface area contributed by atoms with Gasteiger partial charge in [-0.25, -0.2) is 4.79 Å². The summed E-state index contributed by atoms with van der Waals surface area (Å²) in [6.07, 6.45) is -0.944. The van der Waals surface area contributed by atoms with Crippen molar-refractivity contribution in [1.82, 2.24) is 0 Å². The molecule has 1 aromatic heterocycles. The molecule has 1 aliphatic rings. The van der Waals surface area contributed by atoms with Crippen molar-refractivity contribution in [3.8, 4) is 16.2 Å². The van der Waals surface area contributed by atoms with Crippen LogP contribution in [0.25, 0.3) is 10.4 Å². The number of hydrogen-bond donors (Lipinski definition) is 1. The summed E-state index contributed by atoms with van der Waals surface area (Å²) >= 11 is 1.33. The fourth-order valence-electron chi connectivity index (χ4n) is 2.08. The van der Waals surface area contributed by atoms with Crippen LogP contribution < -0.4 is 10.5 Å². The van der Waals surface area contributed by atoms with Gasteiger partial charge in [-0.15, -0.1) is 11.3 Å². The maximum Gasteiger partial charge on any atom is 0.349 e. The number of benzene rings is 1. The minimum absolute atomic E-state index is 0.418. The Morgan fingerprint density at radius 2 is 2.14 bits per heavy atom. The predicted octanol–water partition coefficient (Wildman–Crippen LogP) is 2.34. The molecule has 21 heavy (non-hydrogen) atoms. The number of ether oxygens (including phenoxy) is 2. The first-order valence-electron chi connectivity index (χ1n) is 6.41. The fourth-order valence-corrected chi connectivity index (χ4v) is 3.16. The second-order valence-electron chi connectivity index (χ2n) is 4.70. The number of nitrogens with two attached hydrogens (primary N) is 1. The van der Waals surface area contributed by atoms with Crippen molar-refractivity contribution >= 4 is 23.2 Å². The molecule has 6 heteroatoms. The number of primary amides is 1. The van der Waals surface area contributed by atoms with Gasteiger partial charge >= 0.3 is 5.97 Å². The van der Waals surface area contributed by atoms with E-state index >= 15 is 0 Å².